The number of carbonyl (C=O) groups excluding carboxylic acids is 1. The first-order valence-corrected chi connectivity index (χ1v) is 7.44. The monoisotopic (exact) mass is 297 g/mol. The maximum atomic E-state index is 12.1. The molecule has 1 unspecified atom stereocenters. The van der Waals surface area contributed by atoms with Crippen molar-refractivity contribution in [3.63, 3.8) is 0 Å². The lowest BCUT2D eigenvalue weighted by Gasteiger charge is -2.14. The lowest BCUT2D eigenvalue weighted by Crippen LogP contribution is -2.36. The lowest BCUT2D eigenvalue weighted by molar-refractivity contribution is 0.0934. The first-order valence-electron chi connectivity index (χ1n) is 6.09. The van der Waals surface area contributed by atoms with Gasteiger partial charge in [-0.1, -0.05) is 18.2 Å². The molecular weight excluding hydrogens is 282 g/mol. The van der Waals surface area contributed by atoms with Gasteiger partial charge in [-0.3, -0.25) is 4.79 Å². The van der Waals surface area contributed by atoms with Crippen LogP contribution in [0.1, 0.15) is 16.1 Å². The minimum Gasteiger partial charge on any atom is -0.385 e. The average molecular weight is 298 g/mol. The largest absolute Gasteiger partial charge is 0.385 e. The molecule has 19 heavy (non-hydrogen) atoms. The van der Waals surface area contributed by atoms with Crippen molar-refractivity contribution in [2.45, 2.75) is 12.5 Å². The van der Waals surface area contributed by atoms with Crippen molar-refractivity contribution in [3.8, 4) is 0 Å². The third kappa shape index (κ3) is 3.69. The quantitative estimate of drug-likeness (QED) is 0.831. The van der Waals surface area contributed by atoms with Crippen LogP contribution in [0.25, 0.3) is 10.1 Å². The summed E-state index contributed by atoms with van der Waals surface area (Å²) in [6, 6.07) is 9.82. The number of fused-ring (bicyclic) bond motifs is 1. The van der Waals surface area contributed by atoms with Gasteiger partial charge < -0.3 is 10.1 Å². The Morgan fingerprint density at radius 1 is 1.47 bits per heavy atom. The molecule has 0 bridgehead atoms. The number of hydrogen-bond acceptors (Lipinski definition) is 3. The molecule has 1 atom stereocenters. The molecule has 0 saturated carbocycles. The number of methoxy groups -OCH3 is 1. The summed E-state index contributed by atoms with van der Waals surface area (Å²) in [6.07, 6.45) is 0.719. The number of benzene rings is 1. The second-order valence-corrected chi connectivity index (χ2v) is 5.65. The standard InChI is InChI=1S/C14H16ClNO2S/c1-18-7-6-11(9-15)16-14(17)13-8-10-4-2-3-5-12(10)19-13/h2-5,8,11H,6-7,9H2,1H3,(H,16,17). The fraction of sp³-hybridized carbons (Fsp3) is 0.357. The number of carbonyl (C=O) groups is 1. The molecule has 2 rings (SSSR count). The second-order valence-electron chi connectivity index (χ2n) is 4.25. The second kappa shape index (κ2) is 6.89. The Labute approximate surface area is 121 Å². The highest BCUT2D eigenvalue weighted by Gasteiger charge is 2.14. The molecule has 2 aromatic rings. The van der Waals surface area contributed by atoms with E-state index < -0.39 is 0 Å². The molecule has 0 saturated heterocycles. The molecule has 1 heterocycles. The molecule has 102 valence electrons. The zero-order valence-corrected chi connectivity index (χ0v) is 12.3. The molecule has 0 fully saturated rings. The summed E-state index contributed by atoms with van der Waals surface area (Å²) in [5.41, 5.74) is 0. The van der Waals surface area contributed by atoms with Crippen LogP contribution in [0.5, 0.6) is 0 Å². The van der Waals surface area contributed by atoms with Gasteiger partial charge in [0.1, 0.15) is 0 Å². The van der Waals surface area contributed by atoms with E-state index in [-0.39, 0.29) is 11.9 Å². The van der Waals surface area contributed by atoms with Crippen LogP contribution in [-0.4, -0.2) is 31.5 Å². The smallest absolute Gasteiger partial charge is 0.261 e. The van der Waals surface area contributed by atoms with Crippen molar-refractivity contribution >= 4 is 38.9 Å². The highest BCUT2D eigenvalue weighted by atomic mass is 35.5. The molecule has 0 radical (unpaired) electrons. The van der Waals surface area contributed by atoms with Crippen LogP contribution >= 0.6 is 22.9 Å². The van der Waals surface area contributed by atoms with Crippen molar-refractivity contribution in [2.75, 3.05) is 19.6 Å². The fourth-order valence-electron chi connectivity index (χ4n) is 1.80. The number of amides is 1. The van der Waals surface area contributed by atoms with Gasteiger partial charge in [0.2, 0.25) is 0 Å². The predicted octanol–water partition coefficient (Wildman–Crippen LogP) is 3.28. The van der Waals surface area contributed by atoms with Gasteiger partial charge in [0.25, 0.3) is 5.91 Å². The maximum absolute atomic E-state index is 12.1. The summed E-state index contributed by atoms with van der Waals surface area (Å²) in [7, 11) is 1.64. The Morgan fingerprint density at radius 3 is 2.95 bits per heavy atom. The van der Waals surface area contributed by atoms with Crippen LogP contribution in [0.2, 0.25) is 0 Å². The van der Waals surface area contributed by atoms with E-state index in [1.165, 1.54) is 11.3 Å². The molecule has 5 heteroatoms. The summed E-state index contributed by atoms with van der Waals surface area (Å²) in [5.74, 6) is 0.322. The molecule has 0 aliphatic heterocycles. The number of rotatable bonds is 6. The number of thiophene rings is 1. The highest BCUT2D eigenvalue weighted by Crippen LogP contribution is 2.25. The van der Waals surface area contributed by atoms with Crippen molar-refractivity contribution in [2.24, 2.45) is 0 Å². The molecule has 3 nitrogen and oxygen atoms in total. The van der Waals surface area contributed by atoms with E-state index in [1.54, 1.807) is 7.11 Å². The summed E-state index contributed by atoms with van der Waals surface area (Å²) in [6.45, 7) is 0.587. The predicted molar refractivity (Wildman–Crippen MR) is 80.3 cm³/mol. The molecule has 1 amide bonds. The van der Waals surface area contributed by atoms with Crippen molar-refractivity contribution in [3.05, 3.63) is 35.2 Å². The van der Waals surface area contributed by atoms with Crippen molar-refractivity contribution in [1.29, 1.82) is 0 Å². The van der Waals surface area contributed by atoms with E-state index in [0.29, 0.717) is 17.4 Å². The minimum atomic E-state index is -0.0667. The van der Waals surface area contributed by atoms with E-state index in [2.05, 4.69) is 5.32 Å². The Balaban J connectivity index is 2.06. The minimum absolute atomic E-state index is 0.0562. The zero-order valence-electron chi connectivity index (χ0n) is 10.7. The van der Waals surface area contributed by atoms with Crippen LogP contribution in [-0.2, 0) is 4.74 Å². The number of ether oxygens (including phenoxy) is 1. The van der Waals surface area contributed by atoms with Gasteiger partial charge in [0.15, 0.2) is 0 Å². The Morgan fingerprint density at radius 2 is 2.26 bits per heavy atom. The first-order chi connectivity index (χ1) is 9.24. The molecular formula is C14H16ClNO2S. The van der Waals surface area contributed by atoms with Crippen molar-refractivity contribution in [1.82, 2.24) is 5.32 Å². The maximum Gasteiger partial charge on any atom is 0.261 e. The molecule has 0 spiro atoms. The Hall–Kier alpha value is -1.10. The number of hydrogen-bond donors (Lipinski definition) is 1. The average Bonchev–Trinajstić information content (AvgIpc) is 2.87. The normalized spacial score (nSPS) is 12.5. The fourth-order valence-corrected chi connectivity index (χ4v) is 3.00. The van der Waals surface area contributed by atoms with Gasteiger partial charge in [0, 0.05) is 30.3 Å². The van der Waals surface area contributed by atoms with Crippen LogP contribution in [0.3, 0.4) is 0 Å². The van der Waals surface area contributed by atoms with Crippen LogP contribution < -0.4 is 5.32 Å². The van der Waals surface area contributed by atoms with Gasteiger partial charge in [0.05, 0.1) is 4.88 Å². The Kier molecular flexibility index (Phi) is 5.19. The van der Waals surface area contributed by atoms with E-state index >= 15 is 0 Å². The van der Waals surface area contributed by atoms with Gasteiger partial charge in [-0.2, -0.15) is 0 Å². The third-order valence-electron chi connectivity index (χ3n) is 2.84. The Bertz CT molecular complexity index is 522. The van der Waals surface area contributed by atoms with Crippen LogP contribution in [0, 0.1) is 0 Å². The van der Waals surface area contributed by atoms with Gasteiger partial charge >= 0.3 is 0 Å². The van der Waals surface area contributed by atoms with Gasteiger partial charge in [-0.15, -0.1) is 22.9 Å². The van der Waals surface area contributed by atoms with E-state index in [1.807, 2.05) is 30.3 Å². The SMILES string of the molecule is COCCC(CCl)NC(=O)c1cc2ccccc2s1. The lowest BCUT2D eigenvalue weighted by atomic mass is 10.2. The molecule has 1 N–H and O–H groups in total. The van der Waals surface area contributed by atoms with E-state index in [9.17, 15) is 4.79 Å². The molecule has 1 aromatic carbocycles. The molecule has 0 aliphatic rings. The summed E-state index contributed by atoms with van der Waals surface area (Å²) in [5, 5.41) is 4.03. The topological polar surface area (TPSA) is 38.3 Å². The number of nitrogens with one attached hydrogen (secondary N) is 1. The summed E-state index contributed by atoms with van der Waals surface area (Å²) in [4.78, 5) is 12.9. The van der Waals surface area contributed by atoms with Gasteiger partial charge in [-0.05, 0) is 23.9 Å². The van der Waals surface area contributed by atoms with Gasteiger partial charge in [-0.25, -0.2) is 0 Å². The van der Waals surface area contributed by atoms with E-state index in [4.69, 9.17) is 16.3 Å². The third-order valence-corrected chi connectivity index (χ3v) is 4.33. The van der Waals surface area contributed by atoms with Crippen LogP contribution in [0.4, 0.5) is 0 Å². The highest BCUT2D eigenvalue weighted by molar-refractivity contribution is 7.20. The zero-order chi connectivity index (χ0) is 13.7. The van der Waals surface area contributed by atoms with E-state index in [0.717, 1.165) is 16.5 Å². The molecule has 0 aliphatic carbocycles. The molecule has 1 aromatic heterocycles. The van der Waals surface area contributed by atoms with Crippen molar-refractivity contribution < 1.29 is 9.53 Å². The first kappa shape index (κ1) is 14.3. The van der Waals surface area contributed by atoms with Crippen LogP contribution in [0.15, 0.2) is 30.3 Å². The summed E-state index contributed by atoms with van der Waals surface area (Å²) >= 11 is 7.34. The summed E-state index contributed by atoms with van der Waals surface area (Å²) < 4.78 is 6.12. The number of alkyl halides is 1. The number of halogens is 1.